The lowest BCUT2D eigenvalue weighted by Crippen LogP contribution is -2.33. The highest BCUT2D eigenvalue weighted by atomic mass is 35.5. The molecule has 0 aliphatic rings. The van der Waals surface area contributed by atoms with Crippen LogP contribution in [0, 0.1) is 0 Å². The second-order valence-electron chi connectivity index (χ2n) is 2.01. The number of imidazole rings is 1. The lowest BCUT2D eigenvalue weighted by atomic mass is 10.3. The van der Waals surface area contributed by atoms with Gasteiger partial charge in [0.15, 0.2) is 5.82 Å². The average molecular weight is 203 g/mol. The summed E-state index contributed by atoms with van der Waals surface area (Å²) in [6.45, 7) is 0. The number of nitrogens with zero attached hydrogens (tertiary/aromatic N) is 1. The molecule has 1 N–H and O–H groups in total. The topological polar surface area (TPSA) is 28.7 Å². The number of rotatable bonds is 2. The zero-order chi connectivity index (χ0) is 9.41. The van der Waals surface area contributed by atoms with Crippen LogP contribution in [-0.4, -0.2) is 15.3 Å². The van der Waals surface area contributed by atoms with Gasteiger partial charge >= 0.3 is 11.3 Å². The molecule has 0 spiro atoms. The Morgan fingerprint density at radius 1 is 1.33 bits per heavy atom. The molecule has 0 saturated heterocycles. The van der Waals surface area contributed by atoms with Crippen molar-refractivity contribution in [3.63, 3.8) is 0 Å². The number of aromatic amines is 1. The van der Waals surface area contributed by atoms with E-state index in [4.69, 9.17) is 0 Å². The van der Waals surface area contributed by atoms with E-state index in [0.717, 1.165) is 12.4 Å². The van der Waals surface area contributed by atoms with Crippen LogP contribution in [0.4, 0.5) is 17.6 Å². The number of hydrogen-bond donors (Lipinski definition) is 1. The Balaban J connectivity index is 3.02. The summed E-state index contributed by atoms with van der Waals surface area (Å²) in [7, 11) is 0. The molecule has 0 aliphatic heterocycles. The zero-order valence-electron chi connectivity index (χ0n) is 5.49. The fourth-order valence-electron chi connectivity index (χ4n) is 0.571. The maximum atomic E-state index is 12.5. The van der Waals surface area contributed by atoms with Gasteiger partial charge in [0.25, 0.3) is 0 Å². The molecule has 1 aromatic rings. The van der Waals surface area contributed by atoms with Gasteiger partial charge in [0.1, 0.15) is 0 Å². The van der Waals surface area contributed by atoms with Crippen LogP contribution in [0.15, 0.2) is 12.4 Å². The first kappa shape index (κ1) is 9.31. The van der Waals surface area contributed by atoms with E-state index in [9.17, 15) is 17.6 Å². The maximum Gasteiger partial charge on any atom is 0.391 e. The maximum absolute atomic E-state index is 12.5. The van der Waals surface area contributed by atoms with Gasteiger partial charge < -0.3 is 4.98 Å². The van der Waals surface area contributed by atoms with Gasteiger partial charge in [-0.15, -0.1) is 0 Å². The van der Waals surface area contributed by atoms with E-state index in [1.165, 1.54) is 0 Å². The van der Waals surface area contributed by atoms with Gasteiger partial charge in [-0.05, 0) is 11.6 Å². The molecule has 0 aliphatic carbocycles. The Labute approximate surface area is 69.6 Å². The van der Waals surface area contributed by atoms with Gasteiger partial charge in [0.2, 0.25) is 0 Å². The standard InChI is InChI=1S/C5H3ClF4N2/c6-5(9,10)4(7,8)3-11-1-2-12-3/h1-2H,(H,11,12). The number of nitrogens with one attached hydrogen (secondary N) is 1. The predicted molar refractivity (Wildman–Crippen MR) is 33.3 cm³/mol. The molecule has 68 valence electrons. The molecule has 2 nitrogen and oxygen atoms in total. The van der Waals surface area contributed by atoms with Crippen molar-refractivity contribution < 1.29 is 17.6 Å². The number of hydrogen-bond acceptors (Lipinski definition) is 1. The Hall–Kier alpha value is -0.780. The summed E-state index contributed by atoms with van der Waals surface area (Å²) in [5.74, 6) is -5.62. The van der Waals surface area contributed by atoms with E-state index >= 15 is 0 Å². The SMILES string of the molecule is FC(F)(Cl)C(F)(F)c1ncc[nH]1. The number of halogens is 5. The molecule has 0 atom stereocenters. The number of alkyl halides is 5. The van der Waals surface area contributed by atoms with Crippen LogP contribution in [0.25, 0.3) is 0 Å². The van der Waals surface area contributed by atoms with Crippen molar-refractivity contribution in [3.8, 4) is 0 Å². The van der Waals surface area contributed by atoms with Gasteiger partial charge in [-0.1, -0.05) is 0 Å². The Kier molecular flexibility index (Phi) is 2.03. The first-order valence-electron chi connectivity index (χ1n) is 2.80. The predicted octanol–water partition coefficient (Wildman–Crippen LogP) is 2.33. The van der Waals surface area contributed by atoms with E-state index in [0.29, 0.717) is 0 Å². The monoisotopic (exact) mass is 202 g/mol. The molecule has 1 aromatic heterocycles. The summed E-state index contributed by atoms with van der Waals surface area (Å²) in [6, 6.07) is 0. The smallest absolute Gasteiger partial charge is 0.343 e. The van der Waals surface area contributed by atoms with Crippen molar-refractivity contribution >= 4 is 11.6 Å². The van der Waals surface area contributed by atoms with E-state index in [2.05, 4.69) is 16.6 Å². The summed E-state index contributed by atoms with van der Waals surface area (Å²) in [4.78, 5) is 4.84. The molecule has 0 radical (unpaired) electrons. The third kappa shape index (κ3) is 1.38. The molecule has 0 aromatic carbocycles. The van der Waals surface area contributed by atoms with Crippen LogP contribution in [0.3, 0.4) is 0 Å². The zero-order valence-corrected chi connectivity index (χ0v) is 6.25. The fourth-order valence-corrected chi connectivity index (χ4v) is 0.661. The summed E-state index contributed by atoms with van der Waals surface area (Å²) < 4.78 is 49.1. The van der Waals surface area contributed by atoms with Crippen molar-refractivity contribution in [2.24, 2.45) is 0 Å². The quantitative estimate of drug-likeness (QED) is 0.579. The number of aromatic nitrogens is 2. The minimum Gasteiger partial charge on any atom is -0.343 e. The van der Waals surface area contributed by atoms with Crippen LogP contribution in [0.2, 0.25) is 0 Å². The van der Waals surface area contributed by atoms with Gasteiger partial charge in [0, 0.05) is 12.4 Å². The Morgan fingerprint density at radius 2 is 1.92 bits per heavy atom. The van der Waals surface area contributed by atoms with Crippen LogP contribution in [-0.2, 0) is 5.92 Å². The Morgan fingerprint density at radius 3 is 2.25 bits per heavy atom. The van der Waals surface area contributed by atoms with E-state index in [-0.39, 0.29) is 0 Å². The molecular weight excluding hydrogens is 200 g/mol. The van der Waals surface area contributed by atoms with Crippen LogP contribution in [0.1, 0.15) is 5.82 Å². The second-order valence-corrected chi connectivity index (χ2v) is 2.48. The third-order valence-electron chi connectivity index (χ3n) is 1.15. The summed E-state index contributed by atoms with van der Waals surface area (Å²) in [5, 5.41) is -4.63. The van der Waals surface area contributed by atoms with Crippen LogP contribution < -0.4 is 0 Å². The Bertz CT molecular complexity index is 253. The highest BCUT2D eigenvalue weighted by Gasteiger charge is 2.58. The van der Waals surface area contributed by atoms with E-state index in [1.54, 1.807) is 0 Å². The minimum absolute atomic E-state index is 0.936. The molecule has 0 bridgehead atoms. The van der Waals surface area contributed by atoms with Crippen molar-refractivity contribution in [3.05, 3.63) is 18.2 Å². The second kappa shape index (κ2) is 2.62. The molecule has 0 fully saturated rings. The molecule has 0 unspecified atom stereocenters. The van der Waals surface area contributed by atoms with E-state index in [1.807, 2.05) is 4.98 Å². The first-order valence-corrected chi connectivity index (χ1v) is 3.18. The van der Waals surface area contributed by atoms with Crippen molar-refractivity contribution in [1.29, 1.82) is 0 Å². The third-order valence-corrected chi connectivity index (χ3v) is 1.39. The van der Waals surface area contributed by atoms with Crippen molar-refractivity contribution in [2.45, 2.75) is 11.3 Å². The van der Waals surface area contributed by atoms with Gasteiger partial charge in [-0.25, -0.2) is 4.98 Å². The summed E-state index contributed by atoms with van der Waals surface area (Å²) in [5.41, 5.74) is 0. The normalized spacial score (nSPS) is 13.4. The average Bonchev–Trinajstić information content (AvgIpc) is 2.34. The molecular formula is C5H3ClF4N2. The van der Waals surface area contributed by atoms with Crippen LogP contribution >= 0.6 is 11.6 Å². The minimum atomic E-state index is -4.63. The van der Waals surface area contributed by atoms with Crippen LogP contribution in [0.5, 0.6) is 0 Å². The lowest BCUT2D eigenvalue weighted by molar-refractivity contribution is -0.169. The van der Waals surface area contributed by atoms with E-state index < -0.39 is 17.1 Å². The van der Waals surface area contributed by atoms with Gasteiger partial charge in [0.05, 0.1) is 0 Å². The molecule has 7 heteroatoms. The molecule has 12 heavy (non-hydrogen) atoms. The summed E-state index contributed by atoms with van der Waals surface area (Å²) in [6.07, 6.45) is 1.94. The summed E-state index contributed by atoms with van der Waals surface area (Å²) >= 11 is 4.17. The van der Waals surface area contributed by atoms with Crippen molar-refractivity contribution in [2.75, 3.05) is 0 Å². The molecule has 1 rings (SSSR count). The molecule has 1 heterocycles. The lowest BCUT2D eigenvalue weighted by Gasteiger charge is -2.18. The molecule has 0 saturated carbocycles. The largest absolute Gasteiger partial charge is 0.391 e. The molecule has 0 amide bonds. The van der Waals surface area contributed by atoms with Crippen molar-refractivity contribution in [1.82, 2.24) is 9.97 Å². The van der Waals surface area contributed by atoms with Gasteiger partial charge in [-0.3, -0.25) is 0 Å². The first-order chi connectivity index (χ1) is 5.36. The fraction of sp³-hybridized carbons (Fsp3) is 0.400. The highest BCUT2D eigenvalue weighted by molar-refractivity contribution is 6.22. The van der Waals surface area contributed by atoms with Gasteiger partial charge in [-0.2, -0.15) is 17.6 Å². The number of H-pyrrole nitrogens is 1. The highest BCUT2D eigenvalue weighted by Crippen LogP contribution is 2.43.